The molecule has 0 fully saturated rings. The summed E-state index contributed by atoms with van der Waals surface area (Å²) in [4.78, 5) is 18.4. The third-order valence-electron chi connectivity index (χ3n) is 5.55. The SMILES string of the molecule is CC.CC/C=C\C(F)=C(\F)C(C)N(N)/C(=N\N)c1cc(C2=CCN(C(=O)CC(C)C)CC2)cnc1N. The van der Waals surface area contributed by atoms with Crippen LogP contribution in [-0.4, -0.2) is 45.8 Å². The van der Waals surface area contributed by atoms with E-state index in [1.807, 2.05) is 45.6 Å². The molecular weight excluding hydrogens is 464 g/mol. The van der Waals surface area contributed by atoms with Gasteiger partial charge in [-0.25, -0.2) is 19.6 Å². The number of nitrogen functional groups attached to an aromatic ring is 1. The molecule has 2 heterocycles. The Labute approximate surface area is 213 Å². The number of nitrogens with two attached hydrogens (primary N) is 3. The number of amides is 1. The highest BCUT2D eigenvalue weighted by Gasteiger charge is 2.26. The van der Waals surface area contributed by atoms with E-state index in [1.54, 1.807) is 12.3 Å². The van der Waals surface area contributed by atoms with Crippen LogP contribution in [-0.2, 0) is 4.79 Å². The Bertz CT molecular complexity index is 1000. The number of pyridine rings is 1. The van der Waals surface area contributed by atoms with Gasteiger partial charge in [0.2, 0.25) is 5.91 Å². The van der Waals surface area contributed by atoms with Crippen molar-refractivity contribution in [3.05, 3.63) is 53.3 Å². The Kier molecular flexibility index (Phi) is 12.8. The van der Waals surface area contributed by atoms with Crippen molar-refractivity contribution in [3.8, 4) is 0 Å². The summed E-state index contributed by atoms with van der Waals surface area (Å²) < 4.78 is 28.7. The molecule has 10 heteroatoms. The number of amidine groups is 1. The van der Waals surface area contributed by atoms with Crippen LogP contribution in [0, 0.1) is 5.92 Å². The van der Waals surface area contributed by atoms with Gasteiger partial charge in [0.15, 0.2) is 17.5 Å². The molecular formula is C26H41F2N7O. The van der Waals surface area contributed by atoms with Crippen LogP contribution in [0.25, 0.3) is 5.57 Å². The largest absolute Gasteiger partial charge is 0.383 e. The highest BCUT2D eigenvalue weighted by atomic mass is 19.2. The molecule has 1 aliphatic heterocycles. The van der Waals surface area contributed by atoms with E-state index in [1.165, 1.54) is 13.0 Å². The second-order valence-corrected chi connectivity index (χ2v) is 8.62. The van der Waals surface area contributed by atoms with Gasteiger partial charge in [-0.15, -0.1) is 0 Å². The zero-order valence-electron chi connectivity index (χ0n) is 22.3. The molecule has 0 aromatic carbocycles. The third-order valence-corrected chi connectivity index (χ3v) is 5.55. The predicted molar refractivity (Wildman–Crippen MR) is 144 cm³/mol. The van der Waals surface area contributed by atoms with Crippen molar-refractivity contribution in [2.75, 3.05) is 18.8 Å². The predicted octanol–water partition coefficient (Wildman–Crippen LogP) is 4.65. The van der Waals surface area contributed by atoms with Gasteiger partial charge in [-0.1, -0.05) is 46.8 Å². The minimum atomic E-state index is -1.19. The number of allylic oxidation sites excluding steroid dienone is 3. The van der Waals surface area contributed by atoms with E-state index in [2.05, 4.69) is 10.1 Å². The number of carbonyl (C=O) groups is 1. The molecule has 1 aromatic heterocycles. The van der Waals surface area contributed by atoms with Gasteiger partial charge in [0.1, 0.15) is 5.82 Å². The van der Waals surface area contributed by atoms with Crippen LogP contribution >= 0.6 is 0 Å². The smallest absolute Gasteiger partial charge is 0.223 e. The lowest BCUT2D eigenvalue weighted by Crippen LogP contribution is -2.46. The number of rotatable bonds is 8. The Balaban J connectivity index is 0.00000316. The average Bonchev–Trinajstić information content (AvgIpc) is 2.88. The number of hydrazone groups is 1. The first kappa shape index (κ1) is 30.8. The molecule has 2 rings (SSSR count). The van der Waals surface area contributed by atoms with Crippen molar-refractivity contribution in [2.24, 2.45) is 22.7 Å². The molecule has 8 nitrogen and oxygen atoms in total. The topological polar surface area (TPSA) is 127 Å². The van der Waals surface area contributed by atoms with Gasteiger partial charge in [-0.2, -0.15) is 5.10 Å². The van der Waals surface area contributed by atoms with E-state index in [4.69, 9.17) is 17.4 Å². The molecule has 1 unspecified atom stereocenters. The van der Waals surface area contributed by atoms with E-state index in [9.17, 15) is 13.6 Å². The molecule has 6 N–H and O–H groups in total. The van der Waals surface area contributed by atoms with Crippen LogP contribution in [0.2, 0.25) is 0 Å². The van der Waals surface area contributed by atoms with E-state index < -0.39 is 17.7 Å². The molecule has 0 spiro atoms. The second-order valence-electron chi connectivity index (χ2n) is 8.62. The Morgan fingerprint density at radius 2 is 1.97 bits per heavy atom. The fourth-order valence-corrected chi connectivity index (χ4v) is 3.55. The summed E-state index contributed by atoms with van der Waals surface area (Å²) in [6, 6.07) is 0.522. The summed E-state index contributed by atoms with van der Waals surface area (Å²) in [6.07, 6.45) is 7.85. The third kappa shape index (κ3) is 8.15. The maximum atomic E-state index is 14.6. The van der Waals surface area contributed by atoms with Crippen LogP contribution in [0.4, 0.5) is 14.6 Å². The van der Waals surface area contributed by atoms with Crippen molar-refractivity contribution < 1.29 is 13.6 Å². The second kappa shape index (κ2) is 15.0. The first-order valence-electron chi connectivity index (χ1n) is 12.4. The molecule has 1 amide bonds. The number of hydrazine groups is 1. The molecule has 0 radical (unpaired) electrons. The van der Waals surface area contributed by atoms with E-state index >= 15 is 0 Å². The lowest BCUT2D eigenvalue weighted by molar-refractivity contribution is -0.131. The lowest BCUT2D eigenvalue weighted by Gasteiger charge is -2.28. The van der Waals surface area contributed by atoms with Gasteiger partial charge >= 0.3 is 0 Å². The molecule has 0 saturated heterocycles. The number of carbonyl (C=O) groups excluding carboxylic acids is 1. The van der Waals surface area contributed by atoms with Crippen molar-refractivity contribution in [1.82, 2.24) is 14.9 Å². The van der Waals surface area contributed by atoms with Crippen molar-refractivity contribution >= 4 is 23.1 Å². The highest BCUT2D eigenvalue weighted by molar-refractivity contribution is 6.02. The molecule has 36 heavy (non-hydrogen) atoms. The minimum absolute atomic E-state index is 0.0353. The Morgan fingerprint density at radius 3 is 2.50 bits per heavy atom. The summed E-state index contributed by atoms with van der Waals surface area (Å²) in [5.41, 5.74) is 8.09. The van der Waals surface area contributed by atoms with E-state index in [0.717, 1.165) is 22.2 Å². The normalized spacial score (nSPS) is 15.8. The van der Waals surface area contributed by atoms with Gasteiger partial charge in [-0.3, -0.25) is 9.80 Å². The summed E-state index contributed by atoms with van der Waals surface area (Å²) in [7, 11) is 0. The maximum Gasteiger partial charge on any atom is 0.223 e. The van der Waals surface area contributed by atoms with Gasteiger partial charge in [0, 0.05) is 25.7 Å². The van der Waals surface area contributed by atoms with Gasteiger partial charge in [-0.05, 0) is 49.0 Å². The molecule has 200 valence electrons. The zero-order valence-corrected chi connectivity index (χ0v) is 22.3. The molecule has 0 bridgehead atoms. The number of hydrogen-bond acceptors (Lipinski definition) is 6. The first-order chi connectivity index (χ1) is 17.1. The quantitative estimate of drug-likeness (QED) is 0.155. The number of halogens is 2. The van der Waals surface area contributed by atoms with Gasteiger partial charge < -0.3 is 16.5 Å². The number of nitrogens with zero attached hydrogens (tertiary/aromatic N) is 4. The van der Waals surface area contributed by atoms with Gasteiger partial charge in [0.05, 0.1) is 11.6 Å². The molecule has 1 aliphatic rings. The van der Waals surface area contributed by atoms with Crippen molar-refractivity contribution in [2.45, 2.75) is 66.8 Å². The fourth-order valence-electron chi connectivity index (χ4n) is 3.55. The minimum Gasteiger partial charge on any atom is -0.383 e. The van der Waals surface area contributed by atoms with Crippen LogP contribution in [0.1, 0.15) is 71.9 Å². The highest BCUT2D eigenvalue weighted by Crippen LogP contribution is 2.26. The van der Waals surface area contributed by atoms with Crippen molar-refractivity contribution in [1.29, 1.82) is 0 Å². The van der Waals surface area contributed by atoms with E-state index in [0.29, 0.717) is 43.8 Å². The fraction of sp³-hybridized carbons (Fsp3) is 0.500. The Morgan fingerprint density at radius 1 is 1.31 bits per heavy atom. The molecule has 0 aliphatic carbocycles. The number of hydrogen-bond donors (Lipinski definition) is 3. The summed E-state index contributed by atoms with van der Waals surface area (Å²) in [5.74, 6) is 10.0. The first-order valence-corrected chi connectivity index (χ1v) is 12.4. The summed E-state index contributed by atoms with van der Waals surface area (Å²) >= 11 is 0. The molecule has 1 aromatic rings. The van der Waals surface area contributed by atoms with Crippen molar-refractivity contribution in [3.63, 3.8) is 0 Å². The standard InChI is InChI=1S/C24H35F2N7O.C2H6/c1-5-6-7-20(25)22(26)16(4)33(29)24(31-28)19-13-18(14-30-23(19)27)17-8-10-32(11-9-17)21(34)12-15(2)3;1-2/h6-8,13-16H,5,9-12,28-29H2,1-4H3,(H2,27,30);1-2H3/b7-6-,22-20-,31-24-;. The summed E-state index contributed by atoms with van der Waals surface area (Å²) in [6.45, 7) is 12.3. The van der Waals surface area contributed by atoms with Crippen LogP contribution < -0.4 is 17.4 Å². The molecule has 1 atom stereocenters. The lowest BCUT2D eigenvalue weighted by atomic mass is 9.98. The zero-order chi connectivity index (χ0) is 27.4. The number of anilines is 1. The van der Waals surface area contributed by atoms with E-state index in [-0.39, 0.29) is 17.6 Å². The van der Waals surface area contributed by atoms with Crippen LogP contribution in [0.5, 0.6) is 0 Å². The molecule has 0 saturated carbocycles. The monoisotopic (exact) mass is 505 g/mol. The maximum absolute atomic E-state index is 14.6. The van der Waals surface area contributed by atoms with Gasteiger partial charge in [0.25, 0.3) is 0 Å². The number of aromatic nitrogens is 1. The van der Waals surface area contributed by atoms with Crippen LogP contribution in [0.3, 0.4) is 0 Å². The summed E-state index contributed by atoms with van der Waals surface area (Å²) in [5, 5.41) is 4.61. The average molecular weight is 506 g/mol. The van der Waals surface area contributed by atoms with Crippen LogP contribution in [0.15, 0.2) is 47.2 Å². The Hall–Kier alpha value is -3.27.